The van der Waals surface area contributed by atoms with Crippen LogP contribution in [0.1, 0.15) is 38.6 Å². The van der Waals surface area contributed by atoms with E-state index in [1.807, 2.05) is 12.4 Å². The fourth-order valence-electron chi connectivity index (χ4n) is 3.10. The minimum Gasteiger partial charge on any atom is -0.383 e. The van der Waals surface area contributed by atoms with Crippen molar-refractivity contribution >= 4 is 5.95 Å². The number of nitrogens with one attached hydrogen (secondary N) is 1. The molecule has 0 radical (unpaired) electrons. The third-order valence-corrected chi connectivity index (χ3v) is 4.50. The molecule has 1 aromatic heterocycles. The summed E-state index contributed by atoms with van der Waals surface area (Å²) in [4.78, 5) is 4.45. The van der Waals surface area contributed by atoms with E-state index < -0.39 is 0 Å². The number of rotatable bonds is 8. The van der Waals surface area contributed by atoms with Gasteiger partial charge in [-0.25, -0.2) is 4.98 Å². The van der Waals surface area contributed by atoms with Crippen LogP contribution in [-0.2, 0) is 4.74 Å². The maximum absolute atomic E-state index is 5.23. The highest BCUT2D eigenvalue weighted by atomic mass is 16.5. The molecule has 0 bridgehead atoms. The van der Waals surface area contributed by atoms with E-state index in [4.69, 9.17) is 4.74 Å². The van der Waals surface area contributed by atoms with Gasteiger partial charge in [0.2, 0.25) is 5.95 Å². The van der Waals surface area contributed by atoms with Crippen LogP contribution in [0.25, 0.3) is 0 Å². The van der Waals surface area contributed by atoms with E-state index >= 15 is 0 Å². The summed E-state index contributed by atoms with van der Waals surface area (Å²) < 4.78 is 7.41. The maximum Gasteiger partial charge on any atom is 0.203 e. The molecule has 3 rings (SSSR count). The minimum absolute atomic E-state index is 0.329. The lowest BCUT2D eigenvalue weighted by molar-refractivity contribution is 0.163. The summed E-state index contributed by atoms with van der Waals surface area (Å²) in [5.74, 6) is 3.85. The second-order valence-corrected chi connectivity index (χ2v) is 6.18. The van der Waals surface area contributed by atoms with Crippen molar-refractivity contribution in [1.29, 1.82) is 0 Å². The zero-order valence-electron chi connectivity index (χ0n) is 12.0. The number of imidazole rings is 1. The lowest BCUT2D eigenvalue weighted by atomic mass is 9.98. The summed E-state index contributed by atoms with van der Waals surface area (Å²) >= 11 is 0. The Morgan fingerprint density at radius 1 is 1.37 bits per heavy atom. The average molecular weight is 263 g/mol. The van der Waals surface area contributed by atoms with Crippen LogP contribution in [0.15, 0.2) is 12.4 Å². The Kier molecular flexibility index (Phi) is 3.78. The van der Waals surface area contributed by atoms with Crippen LogP contribution in [0.4, 0.5) is 5.95 Å². The molecule has 1 heterocycles. The molecule has 0 amide bonds. The summed E-state index contributed by atoms with van der Waals surface area (Å²) in [6.07, 6.45) is 9.68. The molecule has 2 aliphatic rings. The first-order chi connectivity index (χ1) is 9.29. The van der Waals surface area contributed by atoms with E-state index in [0.717, 1.165) is 36.9 Å². The van der Waals surface area contributed by atoms with Crippen LogP contribution in [-0.4, -0.2) is 29.8 Å². The zero-order chi connectivity index (χ0) is 13.2. The molecule has 19 heavy (non-hydrogen) atoms. The van der Waals surface area contributed by atoms with Crippen LogP contribution in [0.2, 0.25) is 0 Å². The summed E-state index contributed by atoms with van der Waals surface area (Å²) in [5.41, 5.74) is 0. The summed E-state index contributed by atoms with van der Waals surface area (Å²) in [7, 11) is 1.75. The smallest absolute Gasteiger partial charge is 0.203 e. The zero-order valence-corrected chi connectivity index (χ0v) is 12.0. The number of aromatic nitrogens is 2. The fourth-order valence-corrected chi connectivity index (χ4v) is 3.10. The molecule has 1 atom stereocenters. The normalized spacial score (nSPS) is 20.8. The van der Waals surface area contributed by atoms with Crippen LogP contribution in [0.3, 0.4) is 0 Å². The van der Waals surface area contributed by atoms with E-state index in [9.17, 15) is 0 Å². The van der Waals surface area contributed by atoms with Crippen molar-refractivity contribution in [2.75, 3.05) is 25.6 Å². The molecule has 0 spiro atoms. The van der Waals surface area contributed by atoms with Gasteiger partial charge in [-0.1, -0.05) is 0 Å². The summed E-state index contributed by atoms with van der Waals surface area (Å²) in [6.45, 7) is 3.97. The Bertz CT molecular complexity index is 397. The molecule has 0 aliphatic heterocycles. The topological polar surface area (TPSA) is 39.1 Å². The van der Waals surface area contributed by atoms with Gasteiger partial charge >= 0.3 is 0 Å². The molecule has 1 N–H and O–H groups in total. The lowest BCUT2D eigenvalue weighted by Crippen LogP contribution is -2.21. The van der Waals surface area contributed by atoms with E-state index in [2.05, 4.69) is 21.8 Å². The number of nitrogens with zero attached hydrogens (tertiary/aromatic N) is 2. The third-order valence-electron chi connectivity index (χ3n) is 4.50. The Morgan fingerprint density at radius 3 is 2.63 bits per heavy atom. The van der Waals surface area contributed by atoms with Crippen LogP contribution in [0.5, 0.6) is 0 Å². The molecular formula is C15H25N3O. The Morgan fingerprint density at radius 2 is 2.05 bits per heavy atom. The predicted octanol–water partition coefficient (Wildman–Crippen LogP) is 2.94. The highest BCUT2D eigenvalue weighted by Crippen LogP contribution is 2.49. The first-order valence-electron chi connectivity index (χ1n) is 7.55. The molecule has 4 heteroatoms. The van der Waals surface area contributed by atoms with Crippen LogP contribution < -0.4 is 5.32 Å². The number of hydrogen-bond donors (Lipinski definition) is 1. The van der Waals surface area contributed by atoms with Gasteiger partial charge in [-0.15, -0.1) is 0 Å². The van der Waals surface area contributed by atoms with Gasteiger partial charge in [0.05, 0.1) is 12.6 Å². The van der Waals surface area contributed by atoms with Gasteiger partial charge in [0.15, 0.2) is 0 Å². The number of hydrogen-bond acceptors (Lipinski definition) is 3. The van der Waals surface area contributed by atoms with Gasteiger partial charge in [0.25, 0.3) is 0 Å². The van der Waals surface area contributed by atoms with E-state index in [1.165, 1.54) is 25.7 Å². The average Bonchev–Trinajstić information content (AvgIpc) is 3.30. The quantitative estimate of drug-likeness (QED) is 0.784. The van der Waals surface area contributed by atoms with Crippen LogP contribution >= 0.6 is 0 Å². The molecule has 0 saturated heterocycles. The SMILES string of the molecule is COCC(C)n1ccnc1NCC(C1CC1)C1CC1. The maximum atomic E-state index is 5.23. The van der Waals surface area contributed by atoms with Gasteiger partial charge in [0.1, 0.15) is 0 Å². The molecule has 0 aromatic carbocycles. The first kappa shape index (κ1) is 13.0. The second-order valence-electron chi connectivity index (χ2n) is 6.18. The monoisotopic (exact) mass is 263 g/mol. The molecule has 2 saturated carbocycles. The second kappa shape index (κ2) is 5.53. The molecule has 2 fully saturated rings. The van der Waals surface area contributed by atoms with Crippen LogP contribution in [0, 0.1) is 17.8 Å². The van der Waals surface area contributed by atoms with Crippen molar-refractivity contribution in [2.45, 2.75) is 38.6 Å². The number of methoxy groups -OCH3 is 1. The standard InChI is InChI=1S/C15H25N3O/c1-11(10-19-2)18-8-7-16-15(18)17-9-14(12-3-4-12)13-5-6-13/h7-8,11-14H,3-6,9-10H2,1-2H3,(H,16,17). The largest absolute Gasteiger partial charge is 0.383 e. The van der Waals surface area contributed by atoms with Gasteiger partial charge in [-0.05, 0) is 50.4 Å². The van der Waals surface area contributed by atoms with E-state index in [1.54, 1.807) is 7.11 Å². The fraction of sp³-hybridized carbons (Fsp3) is 0.800. The number of anilines is 1. The molecule has 4 nitrogen and oxygen atoms in total. The Labute approximate surface area is 115 Å². The Hall–Kier alpha value is -1.03. The van der Waals surface area contributed by atoms with Gasteiger partial charge < -0.3 is 14.6 Å². The molecule has 106 valence electrons. The Balaban J connectivity index is 1.58. The first-order valence-corrected chi connectivity index (χ1v) is 7.55. The highest BCUT2D eigenvalue weighted by Gasteiger charge is 2.41. The van der Waals surface area contributed by atoms with Crippen molar-refractivity contribution in [3.63, 3.8) is 0 Å². The van der Waals surface area contributed by atoms with Crippen molar-refractivity contribution < 1.29 is 4.74 Å². The summed E-state index contributed by atoms with van der Waals surface area (Å²) in [5, 5.41) is 3.57. The minimum atomic E-state index is 0.329. The molecular weight excluding hydrogens is 238 g/mol. The van der Waals surface area contributed by atoms with Crippen molar-refractivity contribution in [3.05, 3.63) is 12.4 Å². The molecule has 1 unspecified atom stereocenters. The third kappa shape index (κ3) is 3.11. The van der Waals surface area contributed by atoms with Crippen molar-refractivity contribution in [3.8, 4) is 0 Å². The summed E-state index contributed by atoms with van der Waals surface area (Å²) in [6, 6.07) is 0.329. The van der Waals surface area contributed by atoms with Gasteiger partial charge in [-0.2, -0.15) is 0 Å². The van der Waals surface area contributed by atoms with E-state index in [-0.39, 0.29) is 0 Å². The lowest BCUT2D eigenvalue weighted by Gasteiger charge is -2.19. The number of ether oxygens (including phenoxy) is 1. The van der Waals surface area contributed by atoms with Gasteiger partial charge in [0, 0.05) is 26.0 Å². The van der Waals surface area contributed by atoms with Crippen molar-refractivity contribution in [1.82, 2.24) is 9.55 Å². The van der Waals surface area contributed by atoms with Crippen molar-refractivity contribution in [2.24, 2.45) is 17.8 Å². The van der Waals surface area contributed by atoms with E-state index in [0.29, 0.717) is 6.04 Å². The molecule has 1 aromatic rings. The highest BCUT2D eigenvalue weighted by molar-refractivity contribution is 5.27. The molecule has 2 aliphatic carbocycles. The van der Waals surface area contributed by atoms with Gasteiger partial charge in [-0.3, -0.25) is 0 Å². The predicted molar refractivity (Wildman–Crippen MR) is 76.2 cm³/mol.